The van der Waals surface area contributed by atoms with E-state index < -0.39 is 9.84 Å². The van der Waals surface area contributed by atoms with Gasteiger partial charge in [0.1, 0.15) is 15.6 Å². The molecular formula is C19H36O3S. The fraction of sp³-hybridized carbons (Fsp3) is 0.947. The van der Waals surface area contributed by atoms with Crippen LogP contribution in [0.5, 0.6) is 0 Å². The van der Waals surface area contributed by atoms with Gasteiger partial charge >= 0.3 is 0 Å². The lowest BCUT2D eigenvalue weighted by Gasteiger charge is -2.17. The van der Waals surface area contributed by atoms with E-state index >= 15 is 0 Å². The van der Waals surface area contributed by atoms with Gasteiger partial charge in [0.25, 0.3) is 0 Å². The van der Waals surface area contributed by atoms with Gasteiger partial charge in [-0.05, 0) is 32.1 Å². The summed E-state index contributed by atoms with van der Waals surface area (Å²) in [6.45, 7) is 2.01. The van der Waals surface area contributed by atoms with E-state index in [9.17, 15) is 13.2 Å². The molecule has 4 heteroatoms. The van der Waals surface area contributed by atoms with Gasteiger partial charge in [-0.3, -0.25) is 4.79 Å². The van der Waals surface area contributed by atoms with Gasteiger partial charge in [0.2, 0.25) is 0 Å². The van der Waals surface area contributed by atoms with Crippen molar-refractivity contribution in [3.63, 3.8) is 0 Å². The molecule has 0 amide bonds. The summed E-state index contributed by atoms with van der Waals surface area (Å²) in [5, 5.41) is 0. The van der Waals surface area contributed by atoms with Gasteiger partial charge in [-0.25, -0.2) is 8.42 Å². The molecule has 1 saturated carbocycles. The molecule has 1 aliphatic carbocycles. The Kier molecular flexibility index (Phi) is 10.8. The summed E-state index contributed by atoms with van der Waals surface area (Å²) in [7, 11) is -2.91. The minimum Gasteiger partial charge on any atom is -0.299 e. The van der Waals surface area contributed by atoms with E-state index in [1.807, 2.05) is 6.92 Å². The van der Waals surface area contributed by atoms with Crippen molar-refractivity contribution in [3.05, 3.63) is 0 Å². The Morgan fingerprint density at radius 2 is 1.43 bits per heavy atom. The predicted molar refractivity (Wildman–Crippen MR) is 97.5 cm³/mol. The molecule has 1 fully saturated rings. The Labute approximate surface area is 143 Å². The summed E-state index contributed by atoms with van der Waals surface area (Å²) < 4.78 is 23.9. The molecule has 136 valence electrons. The Morgan fingerprint density at radius 1 is 0.870 bits per heavy atom. The van der Waals surface area contributed by atoms with Crippen LogP contribution in [0.3, 0.4) is 0 Å². The molecule has 0 aromatic rings. The topological polar surface area (TPSA) is 51.2 Å². The molecule has 0 radical (unpaired) electrons. The first-order chi connectivity index (χ1) is 11.0. The van der Waals surface area contributed by atoms with Gasteiger partial charge in [0.05, 0.1) is 11.5 Å². The van der Waals surface area contributed by atoms with Gasteiger partial charge in [-0.2, -0.15) is 0 Å². The van der Waals surface area contributed by atoms with E-state index in [-0.39, 0.29) is 11.7 Å². The maximum absolute atomic E-state index is 12.4. The highest BCUT2D eigenvalue weighted by molar-refractivity contribution is 7.91. The molecular weight excluding hydrogens is 308 g/mol. The molecule has 3 nitrogen and oxygen atoms in total. The lowest BCUT2D eigenvalue weighted by molar-refractivity contribution is -0.123. The predicted octanol–water partition coefficient (Wildman–Crippen LogP) is 5.08. The van der Waals surface area contributed by atoms with E-state index in [2.05, 4.69) is 0 Å². The molecule has 0 saturated heterocycles. The van der Waals surface area contributed by atoms with Crippen molar-refractivity contribution in [2.75, 3.05) is 11.5 Å². The molecule has 0 aromatic carbocycles. The smallest absolute Gasteiger partial charge is 0.150 e. The van der Waals surface area contributed by atoms with Gasteiger partial charge < -0.3 is 0 Å². The molecule has 23 heavy (non-hydrogen) atoms. The number of unbranched alkanes of at least 4 members (excludes halogenated alkanes) is 1. The quantitative estimate of drug-likeness (QED) is 0.647. The number of hydrogen-bond donors (Lipinski definition) is 0. The summed E-state index contributed by atoms with van der Waals surface area (Å²) >= 11 is 0. The Morgan fingerprint density at radius 3 is 2.09 bits per heavy atom. The minimum absolute atomic E-state index is 0.107. The average Bonchev–Trinajstić information content (AvgIpc) is 2.51. The van der Waals surface area contributed by atoms with Crippen molar-refractivity contribution in [1.29, 1.82) is 0 Å². The monoisotopic (exact) mass is 344 g/mol. The minimum atomic E-state index is -2.91. The van der Waals surface area contributed by atoms with E-state index in [0.717, 1.165) is 38.5 Å². The van der Waals surface area contributed by atoms with Crippen LogP contribution in [0.15, 0.2) is 0 Å². The largest absolute Gasteiger partial charge is 0.299 e. The zero-order valence-electron chi connectivity index (χ0n) is 15.0. The van der Waals surface area contributed by atoms with Crippen molar-refractivity contribution < 1.29 is 13.2 Å². The lowest BCUT2D eigenvalue weighted by atomic mass is 9.89. The number of carbonyl (C=O) groups is 1. The standard InChI is InChI=1S/C19H36O3S/c1-2-3-16-23(21,22)17-12-14-18-13-10-8-6-4-5-7-9-11-15-19(18)20/h18H,2-17H2,1H3. The van der Waals surface area contributed by atoms with E-state index in [0.29, 0.717) is 24.4 Å². The Balaban J connectivity index is 2.40. The van der Waals surface area contributed by atoms with Crippen molar-refractivity contribution in [2.24, 2.45) is 5.92 Å². The number of rotatable bonds is 7. The second-order valence-electron chi connectivity index (χ2n) is 7.18. The van der Waals surface area contributed by atoms with E-state index in [1.54, 1.807) is 0 Å². The van der Waals surface area contributed by atoms with Crippen LogP contribution in [0, 0.1) is 5.92 Å². The number of hydrogen-bond acceptors (Lipinski definition) is 3. The number of Topliss-reactive ketones (excluding diaryl/α,β-unsaturated/α-hetero) is 1. The molecule has 1 atom stereocenters. The molecule has 1 unspecified atom stereocenters. The SMILES string of the molecule is CCCCS(=O)(=O)CCCC1CCCCCCCCCCC1=O. The molecule has 0 bridgehead atoms. The second-order valence-corrected chi connectivity index (χ2v) is 9.48. The maximum atomic E-state index is 12.4. The highest BCUT2D eigenvalue weighted by Gasteiger charge is 2.19. The fourth-order valence-corrected chi connectivity index (χ4v) is 4.98. The van der Waals surface area contributed by atoms with Crippen LogP contribution in [0.2, 0.25) is 0 Å². The van der Waals surface area contributed by atoms with E-state index in [1.165, 1.54) is 38.5 Å². The van der Waals surface area contributed by atoms with Crippen LogP contribution in [0.1, 0.15) is 96.8 Å². The fourth-order valence-electron chi connectivity index (χ4n) is 3.44. The van der Waals surface area contributed by atoms with Crippen LogP contribution in [-0.4, -0.2) is 25.7 Å². The van der Waals surface area contributed by atoms with Crippen LogP contribution < -0.4 is 0 Å². The normalized spacial score (nSPS) is 22.3. The van der Waals surface area contributed by atoms with Crippen molar-refractivity contribution in [2.45, 2.75) is 96.8 Å². The van der Waals surface area contributed by atoms with E-state index in [4.69, 9.17) is 0 Å². The van der Waals surface area contributed by atoms with Gasteiger partial charge in [0.15, 0.2) is 0 Å². The number of sulfone groups is 1. The van der Waals surface area contributed by atoms with Crippen molar-refractivity contribution >= 4 is 15.6 Å². The van der Waals surface area contributed by atoms with Gasteiger partial charge in [-0.1, -0.05) is 58.3 Å². The van der Waals surface area contributed by atoms with Crippen LogP contribution in [-0.2, 0) is 14.6 Å². The van der Waals surface area contributed by atoms with Crippen molar-refractivity contribution in [3.8, 4) is 0 Å². The van der Waals surface area contributed by atoms with Gasteiger partial charge in [-0.15, -0.1) is 0 Å². The van der Waals surface area contributed by atoms with Crippen LogP contribution in [0.25, 0.3) is 0 Å². The molecule has 0 N–H and O–H groups in total. The van der Waals surface area contributed by atoms with Crippen LogP contribution >= 0.6 is 0 Å². The molecule has 1 aliphatic rings. The first kappa shape index (κ1) is 20.7. The third kappa shape index (κ3) is 10.2. The first-order valence-electron chi connectivity index (χ1n) is 9.78. The summed E-state index contributed by atoms with van der Waals surface area (Å²) in [5.41, 5.74) is 0. The summed E-state index contributed by atoms with van der Waals surface area (Å²) in [5.74, 6) is 1.06. The Bertz CT molecular complexity index is 414. The average molecular weight is 345 g/mol. The molecule has 0 heterocycles. The summed E-state index contributed by atoms with van der Waals surface area (Å²) in [6, 6.07) is 0. The zero-order valence-corrected chi connectivity index (χ0v) is 15.8. The first-order valence-corrected chi connectivity index (χ1v) is 11.6. The highest BCUT2D eigenvalue weighted by Crippen LogP contribution is 2.22. The third-order valence-corrected chi connectivity index (χ3v) is 6.82. The maximum Gasteiger partial charge on any atom is 0.150 e. The molecule has 0 aliphatic heterocycles. The summed E-state index contributed by atoms with van der Waals surface area (Å²) in [4.78, 5) is 12.4. The molecule has 0 aromatic heterocycles. The highest BCUT2D eigenvalue weighted by atomic mass is 32.2. The zero-order chi connectivity index (χ0) is 17.0. The summed E-state index contributed by atoms with van der Waals surface area (Å²) in [6.07, 6.45) is 14.5. The lowest BCUT2D eigenvalue weighted by Crippen LogP contribution is -2.18. The Hall–Kier alpha value is -0.380. The van der Waals surface area contributed by atoms with Crippen molar-refractivity contribution in [1.82, 2.24) is 0 Å². The number of carbonyl (C=O) groups excluding carboxylic acids is 1. The molecule has 0 spiro atoms. The molecule has 1 rings (SSSR count). The number of ketones is 1. The second kappa shape index (κ2) is 12.0. The van der Waals surface area contributed by atoms with Gasteiger partial charge in [0, 0.05) is 12.3 Å². The van der Waals surface area contributed by atoms with Crippen LogP contribution in [0.4, 0.5) is 0 Å². The third-order valence-electron chi connectivity index (χ3n) is 5.00.